The highest BCUT2D eigenvalue weighted by Crippen LogP contribution is 2.66. The van der Waals surface area contributed by atoms with E-state index in [2.05, 4.69) is 35.3 Å². The second kappa shape index (κ2) is 5.42. The Morgan fingerprint density at radius 1 is 1.33 bits per heavy atom. The lowest BCUT2D eigenvalue weighted by Crippen LogP contribution is -2.39. The van der Waals surface area contributed by atoms with Gasteiger partial charge >= 0.3 is 0 Å². The smallest absolute Gasteiger partial charge is 0.238 e. The van der Waals surface area contributed by atoms with Crippen molar-refractivity contribution in [1.82, 2.24) is 10.2 Å². The van der Waals surface area contributed by atoms with Crippen LogP contribution in [0.25, 0.3) is 10.9 Å². The first-order valence-corrected chi connectivity index (χ1v) is 9.23. The Labute approximate surface area is 156 Å². The Morgan fingerprint density at radius 3 is 2.93 bits per heavy atom. The zero-order chi connectivity index (χ0) is 18.8. The zero-order valence-electron chi connectivity index (χ0n) is 15.0. The van der Waals surface area contributed by atoms with Crippen molar-refractivity contribution in [2.24, 2.45) is 5.73 Å². The van der Waals surface area contributed by atoms with Gasteiger partial charge < -0.3 is 10.6 Å². The molecule has 1 aromatic heterocycles. The van der Waals surface area contributed by atoms with Gasteiger partial charge in [-0.2, -0.15) is 5.10 Å². The molecule has 1 fully saturated rings. The normalized spacial score (nSPS) is 23.2. The summed E-state index contributed by atoms with van der Waals surface area (Å²) in [5.74, 6) is -0.434. The topological polar surface area (TPSA) is 92.1 Å². The number of hydrogen-bond donors (Lipinski definition) is 2. The van der Waals surface area contributed by atoms with E-state index in [0.717, 1.165) is 46.3 Å². The molecule has 2 aliphatic rings. The van der Waals surface area contributed by atoms with E-state index in [1.807, 2.05) is 24.3 Å². The molecule has 5 rings (SSSR count). The van der Waals surface area contributed by atoms with E-state index in [1.165, 1.54) is 0 Å². The number of anilines is 1. The Morgan fingerprint density at radius 2 is 2.15 bits per heavy atom. The third kappa shape index (κ3) is 2.10. The van der Waals surface area contributed by atoms with Gasteiger partial charge in [0.15, 0.2) is 0 Å². The maximum Gasteiger partial charge on any atom is 0.238 e. The van der Waals surface area contributed by atoms with Gasteiger partial charge in [-0.3, -0.25) is 14.7 Å². The van der Waals surface area contributed by atoms with Crippen molar-refractivity contribution in [3.8, 4) is 0 Å². The Balaban J connectivity index is 1.57. The molecule has 2 unspecified atom stereocenters. The van der Waals surface area contributed by atoms with Gasteiger partial charge in [-0.25, -0.2) is 0 Å². The number of aryl methyl sites for hydroxylation is 1. The van der Waals surface area contributed by atoms with Gasteiger partial charge in [-0.1, -0.05) is 37.3 Å². The third-order valence-corrected chi connectivity index (χ3v) is 5.99. The highest BCUT2D eigenvalue weighted by molar-refractivity contribution is 6.13. The van der Waals surface area contributed by atoms with Crippen molar-refractivity contribution in [2.75, 3.05) is 11.4 Å². The Kier molecular flexibility index (Phi) is 3.22. The van der Waals surface area contributed by atoms with Crippen LogP contribution in [0.3, 0.4) is 0 Å². The molecular formula is C21H20N4O2. The number of aromatic nitrogens is 2. The van der Waals surface area contributed by atoms with Gasteiger partial charge in [-0.05, 0) is 36.1 Å². The quantitative estimate of drug-likeness (QED) is 0.748. The summed E-state index contributed by atoms with van der Waals surface area (Å²) in [6.45, 7) is 2.01. The van der Waals surface area contributed by atoms with Gasteiger partial charge in [0.1, 0.15) is 6.54 Å². The van der Waals surface area contributed by atoms with Crippen molar-refractivity contribution in [3.05, 3.63) is 59.3 Å². The number of nitrogens with zero attached hydrogens (tertiary/aromatic N) is 2. The number of nitrogens with two attached hydrogens (primary N) is 1. The van der Waals surface area contributed by atoms with Gasteiger partial charge in [0.05, 0.1) is 10.9 Å². The van der Waals surface area contributed by atoms with Crippen LogP contribution < -0.4 is 10.6 Å². The number of rotatable bonds is 4. The Bertz CT molecular complexity index is 1100. The van der Waals surface area contributed by atoms with Gasteiger partial charge in [0, 0.05) is 22.7 Å². The van der Waals surface area contributed by atoms with Crippen LogP contribution >= 0.6 is 0 Å². The zero-order valence-corrected chi connectivity index (χ0v) is 15.0. The molecule has 0 saturated heterocycles. The van der Waals surface area contributed by atoms with Crippen LogP contribution in [0.5, 0.6) is 0 Å². The lowest BCUT2D eigenvalue weighted by Gasteiger charge is -2.16. The molecule has 2 aromatic carbocycles. The number of aromatic amines is 1. The summed E-state index contributed by atoms with van der Waals surface area (Å²) in [6, 6.07) is 14.0. The number of carbonyl (C=O) groups excluding carboxylic acids is 2. The molecule has 1 aliphatic heterocycles. The van der Waals surface area contributed by atoms with E-state index in [9.17, 15) is 9.59 Å². The van der Waals surface area contributed by atoms with Crippen LogP contribution in [0.1, 0.15) is 36.1 Å². The standard InChI is InChI=1S/C21H20N4O2/c1-2-16-13-8-7-12(9-17(13)24-23-16)15-10-21(15)14-5-3-4-6-18(14)25(20(21)27)11-19(22)26/h3-9,15H,2,10-11H2,1H3,(H2,22,26)(H,23,24). The van der Waals surface area contributed by atoms with E-state index in [0.29, 0.717) is 0 Å². The fraction of sp³-hybridized carbons (Fsp3) is 0.286. The molecule has 3 aromatic rings. The van der Waals surface area contributed by atoms with Crippen molar-refractivity contribution in [2.45, 2.75) is 31.1 Å². The van der Waals surface area contributed by atoms with Crippen LogP contribution in [0.15, 0.2) is 42.5 Å². The summed E-state index contributed by atoms with van der Waals surface area (Å²) in [5.41, 5.74) is 9.76. The van der Waals surface area contributed by atoms with Crippen molar-refractivity contribution < 1.29 is 9.59 Å². The molecule has 6 nitrogen and oxygen atoms in total. The number of fused-ring (bicyclic) bond motifs is 3. The molecule has 27 heavy (non-hydrogen) atoms. The van der Waals surface area contributed by atoms with Crippen molar-refractivity contribution >= 4 is 28.4 Å². The first kappa shape index (κ1) is 16.1. The minimum absolute atomic E-state index is 0.0242. The van der Waals surface area contributed by atoms with Gasteiger partial charge in [0.2, 0.25) is 11.8 Å². The summed E-state index contributed by atoms with van der Waals surface area (Å²) in [6.07, 6.45) is 1.64. The van der Waals surface area contributed by atoms with Gasteiger partial charge in [0.25, 0.3) is 0 Å². The number of carbonyl (C=O) groups is 2. The molecular weight excluding hydrogens is 340 g/mol. The molecule has 136 valence electrons. The lowest BCUT2D eigenvalue weighted by molar-refractivity contribution is -0.123. The van der Waals surface area contributed by atoms with E-state index in [4.69, 9.17) is 5.73 Å². The minimum atomic E-state index is -0.580. The summed E-state index contributed by atoms with van der Waals surface area (Å²) in [4.78, 5) is 26.3. The molecule has 2 atom stereocenters. The SMILES string of the molecule is CCc1[nH]nc2cc(C3CC34C(=O)N(CC(N)=O)c3ccccc34)ccc12. The number of benzene rings is 2. The summed E-state index contributed by atoms with van der Waals surface area (Å²) in [7, 11) is 0. The van der Waals surface area contributed by atoms with Crippen LogP contribution in [0, 0.1) is 0 Å². The fourth-order valence-corrected chi connectivity index (χ4v) is 4.63. The maximum atomic E-state index is 13.3. The predicted molar refractivity (Wildman–Crippen MR) is 102 cm³/mol. The minimum Gasteiger partial charge on any atom is -0.368 e. The number of amides is 2. The molecule has 2 heterocycles. The van der Waals surface area contributed by atoms with E-state index in [1.54, 1.807) is 4.90 Å². The number of H-pyrrole nitrogens is 1. The second-order valence-corrected chi connectivity index (χ2v) is 7.44. The monoisotopic (exact) mass is 360 g/mol. The van der Waals surface area contributed by atoms with Crippen LogP contribution in [-0.2, 0) is 21.4 Å². The third-order valence-electron chi connectivity index (χ3n) is 5.99. The average Bonchev–Trinajstić information content (AvgIpc) is 3.23. The maximum absolute atomic E-state index is 13.3. The fourth-order valence-electron chi connectivity index (χ4n) is 4.63. The number of hydrogen-bond acceptors (Lipinski definition) is 3. The Hall–Kier alpha value is -3.15. The highest BCUT2D eigenvalue weighted by Gasteiger charge is 2.67. The molecule has 0 bridgehead atoms. The largest absolute Gasteiger partial charge is 0.368 e. The van der Waals surface area contributed by atoms with Gasteiger partial charge in [-0.15, -0.1) is 0 Å². The van der Waals surface area contributed by atoms with Crippen LogP contribution in [0.4, 0.5) is 5.69 Å². The van der Waals surface area contributed by atoms with E-state index >= 15 is 0 Å². The first-order chi connectivity index (χ1) is 13.1. The van der Waals surface area contributed by atoms with E-state index < -0.39 is 11.3 Å². The summed E-state index contributed by atoms with van der Waals surface area (Å²) < 4.78 is 0. The highest BCUT2D eigenvalue weighted by atomic mass is 16.2. The average molecular weight is 360 g/mol. The van der Waals surface area contributed by atoms with Crippen LogP contribution in [-0.4, -0.2) is 28.6 Å². The first-order valence-electron chi connectivity index (χ1n) is 9.23. The predicted octanol–water partition coefficient (Wildman–Crippen LogP) is 2.38. The molecule has 6 heteroatoms. The van der Waals surface area contributed by atoms with Crippen molar-refractivity contribution in [3.63, 3.8) is 0 Å². The molecule has 2 amide bonds. The molecule has 1 saturated carbocycles. The molecule has 3 N–H and O–H groups in total. The summed E-state index contributed by atoms with van der Waals surface area (Å²) >= 11 is 0. The molecule has 1 aliphatic carbocycles. The van der Waals surface area contributed by atoms with Crippen LogP contribution in [0.2, 0.25) is 0 Å². The second-order valence-electron chi connectivity index (χ2n) is 7.44. The lowest BCUT2D eigenvalue weighted by atomic mass is 9.92. The van der Waals surface area contributed by atoms with Crippen molar-refractivity contribution in [1.29, 1.82) is 0 Å². The molecule has 0 radical (unpaired) electrons. The summed E-state index contributed by atoms with van der Waals surface area (Å²) in [5, 5.41) is 8.63. The van der Waals surface area contributed by atoms with E-state index in [-0.39, 0.29) is 18.4 Å². The number of primary amides is 1. The number of para-hydroxylation sites is 1. The molecule has 1 spiro atoms. The number of nitrogens with one attached hydrogen (secondary N) is 1.